The van der Waals surface area contributed by atoms with E-state index in [1.165, 1.54) is 6.92 Å². The molecular weight excluding hydrogens is 872 g/mol. The molecule has 61 heavy (non-hydrogen) atoms. The number of amides is 2. The molecule has 354 valence electrons. The van der Waals surface area contributed by atoms with Crippen LogP contribution in [0, 0.1) is 0 Å². The Morgan fingerprint density at radius 3 is 1.84 bits per heavy atom. The van der Waals surface area contributed by atoms with Crippen molar-refractivity contribution in [3.63, 3.8) is 0 Å². The molecule has 0 radical (unpaired) electrons. The number of carbonyl (C=O) groups is 6. The Morgan fingerprint density at radius 1 is 0.803 bits per heavy atom. The monoisotopic (exact) mass is 945 g/mol. The van der Waals surface area contributed by atoms with Gasteiger partial charge < -0.3 is 85.1 Å². The summed E-state index contributed by atoms with van der Waals surface area (Å²) < 4.78 is 1.85. The quantitative estimate of drug-likeness (QED) is 0.0267. The van der Waals surface area contributed by atoms with Crippen LogP contribution < -0.4 is 81.0 Å². The van der Waals surface area contributed by atoms with Gasteiger partial charge in [0.05, 0.1) is 43.1 Å². The lowest BCUT2D eigenvalue weighted by Gasteiger charge is -2.22. The van der Waals surface area contributed by atoms with Crippen molar-refractivity contribution in [3.05, 3.63) is 30.1 Å². The average molecular weight is 948 g/mol. The van der Waals surface area contributed by atoms with Crippen LogP contribution in [0.1, 0.15) is 116 Å². The number of hydrogen-bond acceptors (Lipinski definition) is 11. The van der Waals surface area contributed by atoms with E-state index in [1.807, 2.05) is 36.4 Å². The predicted molar refractivity (Wildman–Crippen MR) is 226 cm³/mol. The molecule has 21 heteroatoms. The smallest absolute Gasteiger partial charge is 0.279 e. The van der Waals surface area contributed by atoms with Crippen LogP contribution in [-0.2, 0) is 42.2 Å². The van der Waals surface area contributed by atoms with Crippen LogP contribution in [0.3, 0.4) is 0 Å². The number of hydrogen-bond donors (Lipinski definition) is 8. The molecule has 0 bridgehead atoms. The van der Waals surface area contributed by atoms with Crippen LogP contribution >= 0.6 is 11.6 Å². The van der Waals surface area contributed by atoms with Gasteiger partial charge in [-0.3, -0.25) is 29.3 Å². The van der Waals surface area contributed by atoms with E-state index in [2.05, 4.69) is 54.3 Å². The summed E-state index contributed by atoms with van der Waals surface area (Å²) in [6.07, 6.45) is 18.5. The van der Waals surface area contributed by atoms with Gasteiger partial charge in [-0.1, -0.05) is 6.42 Å². The molecule has 0 spiro atoms. The third kappa shape index (κ3) is 34.3. The van der Waals surface area contributed by atoms with E-state index in [-0.39, 0.29) is 71.6 Å². The molecule has 1 aromatic heterocycles. The van der Waals surface area contributed by atoms with Gasteiger partial charge in [-0.15, -0.1) is 0 Å². The third-order valence-corrected chi connectivity index (χ3v) is 9.18. The highest BCUT2D eigenvalue weighted by atomic mass is 35.5. The number of halogens is 4. The maximum absolute atomic E-state index is 12.7. The SMILES string of the molecule is CC(=O)CCCCCC(=O)C(CCCC[NH3+])NC(=O)C([NH3+])CC1=C[NH2+]C=N1.CC(=O)Cl.CNCCCCC(NC(=O)C(Cc1cn(C)cn1)NC)C(=O)CCCCN.[Cl-].[Cl-].[Cl-]. The first kappa shape index (κ1) is 64.8. The molecule has 4 unspecified atom stereocenters. The lowest BCUT2D eigenvalue weighted by molar-refractivity contribution is -0.448. The Hall–Kier alpha value is -2.84. The molecule has 17 nitrogen and oxygen atoms in total. The highest BCUT2D eigenvalue weighted by Crippen LogP contribution is 2.12. The molecule has 1 aromatic rings. The summed E-state index contributed by atoms with van der Waals surface area (Å²) in [5.74, 6) is -0.0280. The first-order chi connectivity index (χ1) is 27.7. The summed E-state index contributed by atoms with van der Waals surface area (Å²) in [5, 5.41) is 13.5. The third-order valence-electron chi connectivity index (χ3n) is 9.18. The lowest BCUT2D eigenvalue weighted by Crippen LogP contribution is -3.00. The molecule has 0 fully saturated rings. The number of ketones is 3. The summed E-state index contributed by atoms with van der Waals surface area (Å²) in [6.45, 7) is 5.18. The van der Waals surface area contributed by atoms with Crippen LogP contribution in [0.2, 0.25) is 0 Å². The molecule has 2 amide bonds. The van der Waals surface area contributed by atoms with E-state index in [1.54, 1.807) is 26.6 Å². The first-order valence-corrected chi connectivity index (χ1v) is 21.1. The number of imidazole rings is 1. The molecular formula is C40H75Cl4N11O6. The van der Waals surface area contributed by atoms with Gasteiger partial charge in [0.25, 0.3) is 5.91 Å². The number of rotatable bonds is 30. The molecule has 1 aliphatic heterocycles. The number of Topliss-reactive ketones (excluding diaryl/α,β-unsaturated/α-hetero) is 3. The van der Waals surface area contributed by atoms with Crippen molar-refractivity contribution in [3.8, 4) is 0 Å². The van der Waals surface area contributed by atoms with E-state index < -0.39 is 24.2 Å². The summed E-state index contributed by atoms with van der Waals surface area (Å²) >= 11 is 4.64. The lowest BCUT2D eigenvalue weighted by atomic mass is 9.99. The van der Waals surface area contributed by atoms with Crippen LogP contribution in [0.15, 0.2) is 29.4 Å². The van der Waals surface area contributed by atoms with Gasteiger partial charge in [-0.05, 0) is 110 Å². The van der Waals surface area contributed by atoms with Gasteiger partial charge in [-0.2, -0.15) is 0 Å². The molecule has 0 saturated heterocycles. The minimum absolute atomic E-state index is 0. The number of nitrogens with two attached hydrogens (primary N) is 2. The molecule has 2 rings (SSSR count). The number of likely N-dealkylation sites (N-methyl/N-ethyl adjacent to an activating group) is 1. The van der Waals surface area contributed by atoms with Crippen molar-refractivity contribution in [2.24, 2.45) is 17.8 Å². The summed E-state index contributed by atoms with van der Waals surface area (Å²) in [6, 6.07) is -1.80. The fourth-order valence-corrected chi connectivity index (χ4v) is 5.92. The number of carbonyl (C=O) groups excluding carboxylic acids is 6. The van der Waals surface area contributed by atoms with Crippen LogP contribution in [0.5, 0.6) is 0 Å². The second kappa shape index (κ2) is 41.2. The molecule has 4 atom stereocenters. The minimum atomic E-state index is -0.474. The first-order valence-electron chi connectivity index (χ1n) is 20.7. The minimum Gasteiger partial charge on any atom is -1.00 e. The normalized spacial score (nSPS) is 13.1. The van der Waals surface area contributed by atoms with Gasteiger partial charge >= 0.3 is 0 Å². The summed E-state index contributed by atoms with van der Waals surface area (Å²) in [7, 11) is 5.55. The van der Waals surface area contributed by atoms with E-state index in [0.717, 1.165) is 82.3 Å². The number of quaternary nitrogens is 3. The maximum atomic E-state index is 12.7. The fourth-order valence-electron chi connectivity index (χ4n) is 5.92. The maximum Gasteiger partial charge on any atom is 0.279 e. The van der Waals surface area contributed by atoms with Gasteiger partial charge in [-0.25, -0.2) is 9.98 Å². The molecule has 0 saturated carbocycles. The van der Waals surface area contributed by atoms with E-state index in [4.69, 9.17) is 5.73 Å². The number of nitrogens with zero attached hydrogens (tertiary/aromatic N) is 3. The number of aliphatic imine (C=N–C) groups is 1. The number of aryl methyl sites for hydroxylation is 1. The zero-order valence-electron chi connectivity index (χ0n) is 36.9. The zero-order valence-corrected chi connectivity index (χ0v) is 39.9. The Kier molecular flexibility index (Phi) is 43.7. The number of aromatic nitrogens is 2. The Morgan fingerprint density at radius 2 is 1.36 bits per heavy atom. The second-order valence-corrected chi connectivity index (χ2v) is 15.1. The molecule has 14 N–H and O–H groups in total. The number of nitrogens with one attached hydrogen (secondary N) is 4. The van der Waals surface area contributed by atoms with E-state index in [9.17, 15) is 28.8 Å². The highest BCUT2D eigenvalue weighted by molar-refractivity contribution is 6.62. The van der Waals surface area contributed by atoms with Gasteiger partial charge in [0.2, 0.25) is 11.1 Å². The van der Waals surface area contributed by atoms with Crippen molar-refractivity contribution in [1.29, 1.82) is 0 Å². The Labute approximate surface area is 386 Å². The molecule has 0 aromatic carbocycles. The van der Waals surface area contributed by atoms with Gasteiger partial charge in [0, 0.05) is 45.9 Å². The van der Waals surface area contributed by atoms with Crippen LogP contribution in [-0.4, -0.2) is 108 Å². The molecule has 2 heterocycles. The predicted octanol–water partition coefficient (Wildman–Crippen LogP) is -9.65. The summed E-state index contributed by atoms with van der Waals surface area (Å²) in [5.41, 5.74) is 14.9. The summed E-state index contributed by atoms with van der Waals surface area (Å²) in [4.78, 5) is 79.0. The van der Waals surface area contributed by atoms with Gasteiger partial charge in [0.15, 0.2) is 23.9 Å². The second-order valence-electron chi connectivity index (χ2n) is 14.6. The van der Waals surface area contributed by atoms with Crippen molar-refractivity contribution >= 4 is 52.3 Å². The molecule has 0 aliphatic carbocycles. The number of unbranched alkanes of at least 4 members (excludes halogenated alkanes) is 5. The topological polar surface area (TPSA) is 279 Å². The standard InChI is InChI=1S/C19H36N6O2.C19H33N5O3.C2H3ClO.3ClH/c1-21-11-7-5-8-16(18(26)9-4-6-10-20)24-19(27)17(22-2)12-15-13-25(3)14-23-15;1-14(25)7-3-2-4-9-18(26)17(8-5-6-10-20)24-19(27)16(21)11-15-12-22-13-23-15;1-2(3)4;;;/h13-14,16-17,21-22H,4-12,20H2,1-3H3,(H,24,27);12-13,16-17H,2-11,20-21H2,1H3,(H,22,23)(H,24,27);1H3;3*1H. The van der Waals surface area contributed by atoms with Crippen molar-refractivity contribution in [2.75, 3.05) is 33.7 Å². The van der Waals surface area contributed by atoms with E-state index in [0.29, 0.717) is 51.5 Å². The van der Waals surface area contributed by atoms with Gasteiger partial charge in [0.1, 0.15) is 17.7 Å². The van der Waals surface area contributed by atoms with Crippen molar-refractivity contribution < 1.29 is 82.8 Å². The van der Waals surface area contributed by atoms with Crippen molar-refractivity contribution in [1.82, 2.24) is 30.8 Å². The Bertz CT molecular complexity index is 1430. The zero-order chi connectivity index (χ0) is 43.7. The average Bonchev–Trinajstić information content (AvgIpc) is 3.85. The van der Waals surface area contributed by atoms with Crippen LogP contribution in [0.25, 0.3) is 0 Å². The van der Waals surface area contributed by atoms with E-state index >= 15 is 0 Å². The van der Waals surface area contributed by atoms with Crippen LogP contribution in [0.4, 0.5) is 0 Å². The Balaban J connectivity index is -0.000000468. The fraction of sp³-hybridized carbons (Fsp3) is 0.700. The highest BCUT2D eigenvalue weighted by Gasteiger charge is 2.27. The largest absolute Gasteiger partial charge is 1.00 e. The van der Waals surface area contributed by atoms with Crippen molar-refractivity contribution in [2.45, 2.75) is 141 Å². The molecule has 1 aliphatic rings.